The maximum atomic E-state index is 12.5. The highest BCUT2D eigenvalue weighted by molar-refractivity contribution is 5.94. The Labute approximate surface area is 121 Å². The van der Waals surface area contributed by atoms with Gasteiger partial charge in [-0.05, 0) is 42.4 Å². The number of nitrogens with zero attached hydrogens (tertiary/aromatic N) is 2. The van der Waals surface area contributed by atoms with Crippen molar-refractivity contribution in [2.24, 2.45) is 0 Å². The minimum atomic E-state index is -0.265. The molecule has 3 nitrogen and oxygen atoms in total. The lowest BCUT2D eigenvalue weighted by Crippen LogP contribution is -2.42. The molecule has 20 heavy (non-hydrogen) atoms. The van der Waals surface area contributed by atoms with Gasteiger partial charge < -0.3 is 4.90 Å². The molecule has 0 aliphatic carbocycles. The molecule has 0 radical (unpaired) electrons. The number of likely N-dealkylation sites (tertiary alicyclic amines) is 1. The monoisotopic (exact) mass is 270 g/mol. The van der Waals surface area contributed by atoms with Gasteiger partial charge in [0, 0.05) is 12.1 Å². The summed E-state index contributed by atoms with van der Waals surface area (Å²) < 4.78 is 0. The number of hydrogen-bond acceptors (Lipinski definition) is 2. The van der Waals surface area contributed by atoms with Crippen LogP contribution in [0.15, 0.2) is 24.3 Å². The van der Waals surface area contributed by atoms with Crippen molar-refractivity contribution in [3.8, 4) is 6.07 Å². The molecule has 1 fully saturated rings. The summed E-state index contributed by atoms with van der Waals surface area (Å²) in [6, 6.07) is 9.77. The van der Waals surface area contributed by atoms with Gasteiger partial charge in [-0.25, -0.2) is 0 Å². The van der Waals surface area contributed by atoms with Crippen LogP contribution in [0.25, 0.3) is 0 Å². The molecule has 1 heterocycles. The van der Waals surface area contributed by atoms with E-state index in [9.17, 15) is 4.79 Å². The van der Waals surface area contributed by atoms with E-state index in [1.807, 2.05) is 24.3 Å². The summed E-state index contributed by atoms with van der Waals surface area (Å²) in [6.07, 6.45) is 2.82. The van der Waals surface area contributed by atoms with Crippen molar-refractivity contribution in [1.82, 2.24) is 4.90 Å². The van der Waals surface area contributed by atoms with Crippen molar-refractivity contribution in [1.29, 1.82) is 5.26 Å². The predicted molar refractivity (Wildman–Crippen MR) is 79.4 cm³/mol. The standard InChI is InChI=1S/C17H22N2O/c1-17(2,3)14-9-7-13(8-10-14)16(20)19-11-5-4-6-15(19)12-18/h7-10,15H,4-6,11H2,1-3H3. The van der Waals surface area contributed by atoms with E-state index >= 15 is 0 Å². The lowest BCUT2D eigenvalue weighted by atomic mass is 9.86. The number of piperidine rings is 1. The summed E-state index contributed by atoms with van der Waals surface area (Å²) in [5.41, 5.74) is 1.98. The van der Waals surface area contributed by atoms with E-state index < -0.39 is 0 Å². The first kappa shape index (κ1) is 14.6. The van der Waals surface area contributed by atoms with E-state index in [0.717, 1.165) is 19.3 Å². The lowest BCUT2D eigenvalue weighted by molar-refractivity contribution is 0.0670. The Bertz CT molecular complexity index is 519. The quantitative estimate of drug-likeness (QED) is 0.784. The molecule has 1 atom stereocenters. The second kappa shape index (κ2) is 5.66. The molecule has 0 spiro atoms. The van der Waals surface area contributed by atoms with Crippen molar-refractivity contribution in [3.63, 3.8) is 0 Å². The highest BCUT2D eigenvalue weighted by atomic mass is 16.2. The van der Waals surface area contributed by atoms with Crippen molar-refractivity contribution in [2.45, 2.75) is 51.5 Å². The predicted octanol–water partition coefficient (Wildman–Crippen LogP) is 3.50. The number of carbonyl (C=O) groups is 1. The fourth-order valence-electron chi connectivity index (χ4n) is 2.59. The van der Waals surface area contributed by atoms with Crippen LogP contribution in [0.1, 0.15) is 56.0 Å². The van der Waals surface area contributed by atoms with Crippen LogP contribution in [0.2, 0.25) is 0 Å². The van der Waals surface area contributed by atoms with Gasteiger partial charge in [-0.15, -0.1) is 0 Å². The normalized spacial score (nSPS) is 19.5. The van der Waals surface area contributed by atoms with Gasteiger partial charge in [0.05, 0.1) is 6.07 Å². The zero-order chi connectivity index (χ0) is 14.8. The minimum absolute atomic E-state index is 0.0169. The van der Waals surface area contributed by atoms with Gasteiger partial charge in [0.25, 0.3) is 5.91 Å². The number of rotatable bonds is 1. The van der Waals surface area contributed by atoms with E-state index in [4.69, 9.17) is 5.26 Å². The summed E-state index contributed by atoms with van der Waals surface area (Å²) in [5, 5.41) is 9.16. The Morgan fingerprint density at radius 1 is 1.25 bits per heavy atom. The fraction of sp³-hybridized carbons (Fsp3) is 0.529. The molecule has 106 valence electrons. The number of carbonyl (C=O) groups excluding carboxylic acids is 1. The molecular weight excluding hydrogens is 248 g/mol. The van der Waals surface area contributed by atoms with E-state index in [1.165, 1.54) is 5.56 Å². The summed E-state index contributed by atoms with van der Waals surface area (Å²) in [5.74, 6) is -0.0169. The molecule has 0 N–H and O–H groups in total. The smallest absolute Gasteiger partial charge is 0.254 e. The number of nitriles is 1. The Balaban J connectivity index is 2.19. The first-order valence-corrected chi connectivity index (χ1v) is 7.24. The van der Waals surface area contributed by atoms with Crippen LogP contribution in [0, 0.1) is 11.3 Å². The van der Waals surface area contributed by atoms with Crippen molar-refractivity contribution in [3.05, 3.63) is 35.4 Å². The van der Waals surface area contributed by atoms with E-state index in [-0.39, 0.29) is 17.4 Å². The Hall–Kier alpha value is -1.82. The largest absolute Gasteiger partial charge is 0.323 e. The van der Waals surface area contributed by atoms with Crippen LogP contribution in [0.3, 0.4) is 0 Å². The van der Waals surface area contributed by atoms with Gasteiger partial charge in [-0.3, -0.25) is 4.79 Å². The molecule has 2 rings (SSSR count). The van der Waals surface area contributed by atoms with E-state index in [0.29, 0.717) is 12.1 Å². The van der Waals surface area contributed by atoms with Crippen molar-refractivity contribution < 1.29 is 4.79 Å². The molecule has 1 unspecified atom stereocenters. The fourth-order valence-corrected chi connectivity index (χ4v) is 2.59. The number of amides is 1. The Kier molecular flexibility index (Phi) is 4.13. The summed E-state index contributed by atoms with van der Waals surface area (Å²) in [7, 11) is 0. The molecule has 1 saturated heterocycles. The zero-order valence-corrected chi connectivity index (χ0v) is 12.5. The van der Waals surface area contributed by atoms with E-state index in [2.05, 4.69) is 26.8 Å². The van der Waals surface area contributed by atoms with E-state index in [1.54, 1.807) is 4.90 Å². The van der Waals surface area contributed by atoms with Crippen molar-refractivity contribution >= 4 is 5.91 Å². The first-order valence-electron chi connectivity index (χ1n) is 7.24. The molecule has 1 aromatic carbocycles. The zero-order valence-electron chi connectivity index (χ0n) is 12.5. The highest BCUT2D eigenvalue weighted by Crippen LogP contribution is 2.24. The molecule has 0 saturated carbocycles. The lowest BCUT2D eigenvalue weighted by Gasteiger charge is -2.31. The maximum Gasteiger partial charge on any atom is 0.254 e. The second-order valence-corrected chi connectivity index (χ2v) is 6.47. The van der Waals surface area contributed by atoms with Gasteiger partial charge in [-0.2, -0.15) is 5.26 Å². The second-order valence-electron chi connectivity index (χ2n) is 6.47. The molecule has 1 amide bonds. The van der Waals surface area contributed by atoms with Gasteiger partial charge in [0.2, 0.25) is 0 Å². The SMILES string of the molecule is CC(C)(C)c1ccc(C(=O)N2CCCCC2C#N)cc1. The van der Waals surface area contributed by atoms with Crippen LogP contribution >= 0.6 is 0 Å². The molecule has 1 aromatic rings. The third kappa shape index (κ3) is 3.01. The molecular formula is C17H22N2O. The topological polar surface area (TPSA) is 44.1 Å². The average Bonchev–Trinajstić information content (AvgIpc) is 2.45. The van der Waals surface area contributed by atoms with Crippen LogP contribution in [-0.4, -0.2) is 23.4 Å². The molecule has 0 aromatic heterocycles. The van der Waals surface area contributed by atoms with Crippen LogP contribution in [0.5, 0.6) is 0 Å². The first-order chi connectivity index (χ1) is 9.43. The number of hydrogen-bond donors (Lipinski definition) is 0. The molecule has 0 bridgehead atoms. The average molecular weight is 270 g/mol. The molecule has 1 aliphatic rings. The third-order valence-corrected chi connectivity index (χ3v) is 3.91. The molecule has 1 aliphatic heterocycles. The summed E-state index contributed by atoms with van der Waals surface area (Å²) >= 11 is 0. The van der Waals surface area contributed by atoms with Gasteiger partial charge in [0.15, 0.2) is 0 Å². The summed E-state index contributed by atoms with van der Waals surface area (Å²) in [6.45, 7) is 7.15. The van der Waals surface area contributed by atoms with Crippen molar-refractivity contribution in [2.75, 3.05) is 6.54 Å². The number of benzene rings is 1. The molecule has 3 heteroatoms. The maximum absolute atomic E-state index is 12.5. The van der Waals surface area contributed by atoms with Gasteiger partial charge in [0.1, 0.15) is 6.04 Å². The van der Waals surface area contributed by atoms with Crippen LogP contribution < -0.4 is 0 Å². The Morgan fingerprint density at radius 3 is 2.45 bits per heavy atom. The van der Waals surface area contributed by atoms with Gasteiger partial charge in [-0.1, -0.05) is 32.9 Å². The van der Waals surface area contributed by atoms with Crippen LogP contribution in [0.4, 0.5) is 0 Å². The highest BCUT2D eigenvalue weighted by Gasteiger charge is 2.27. The Morgan fingerprint density at radius 2 is 1.90 bits per heavy atom. The third-order valence-electron chi connectivity index (χ3n) is 3.91. The van der Waals surface area contributed by atoms with Gasteiger partial charge >= 0.3 is 0 Å². The van der Waals surface area contributed by atoms with Crippen LogP contribution in [-0.2, 0) is 5.41 Å². The summed E-state index contributed by atoms with van der Waals surface area (Å²) in [4.78, 5) is 14.2. The minimum Gasteiger partial charge on any atom is -0.323 e.